The van der Waals surface area contributed by atoms with Crippen LogP contribution in [0.1, 0.15) is 28.8 Å². The smallest absolute Gasteiger partial charge is 0.291 e. The second kappa shape index (κ2) is 10.4. The number of methoxy groups -OCH3 is 1. The van der Waals surface area contributed by atoms with E-state index in [1.54, 1.807) is 48.5 Å². The molecule has 0 spiro atoms. The highest BCUT2D eigenvalue weighted by Gasteiger charge is 2.13. The van der Waals surface area contributed by atoms with E-state index < -0.39 is 0 Å². The molecule has 0 saturated heterocycles. The van der Waals surface area contributed by atoms with Crippen molar-refractivity contribution in [3.63, 3.8) is 0 Å². The van der Waals surface area contributed by atoms with E-state index in [9.17, 15) is 4.79 Å². The molecule has 8 nitrogen and oxygen atoms in total. The normalized spacial score (nSPS) is 10.6. The van der Waals surface area contributed by atoms with Gasteiger partial charge in [0.1, 0.15) is 29.6 Å². The zero-order valence-corrected chi connectivity index (χ0v) is 18.5. The zero-order valence-electron chi connectivity index (χ0n) is 18.5. The van der Waals surface area contributed by atoms with Crippen molar-refractivity contribution in [1.29, 1.82) is 0 Å². The third-order valence-electron chi connectivity index (χ3n) is 4.91. The van der Waals surface area contributed by atoms with Crippen LogP contribution in [-0.4, -0.2) is 22.8 Å². The number of benzene rings is 2. The van der Waals surface area contributed by atoms with Gasteiger partial charge in [-0.2, -0.15) is 5.10 Å². The second-order valence-corrected chi connectivity index (χ2v) is 7.22. The molecule has 1 amide bonds. The van der Waals surface area contributed by atoms with Crippen molar-refractivity contribution in [2.45, 2.75) is 26.7 Å². The van der Waals surface area contributed by atoms with Gasteiger partial charge in [0.2, 0.25) is 0 Å². The SMILES string of the molecule is CCc1ccc(OCn2cc(NC(=O)c3ccc(COc4ccc(OC)cc4)o3)cn2)cc1. The fourth-order valence-electron chi connectivity index (χ4n) is 3.06. The first-order chi connectivity index (χ1) is 16.1. The van der Waals surface area contributed by atoms with Crippen molar-refractivity contribution in [1.82, 2.24) is 9.78 Å². The highest BCUT2D eigenvalue weighted by Crippen LogP contribution is 2.19. The molecule has 170 valence electrons. The molecule has 2 aromatic carbocycles. The number of furan rings is 1. The molecule has 0 saturated carbocycles. The van der Waals surface area contributed by atoms with Crippen LogP contribution < -0.4 is 19.5 Å². The number of amides is 1. The standard InChI is InChI=1S/C25H25N3O5/c1-3-18-4-6-22(7-5-18)32-17-28-15-19(14-26-28)27-25(29)24-13-12-23(33-24)16-31-21-10-8-20(30-2)9-11-21/h4-15H,3,16-17H2,1-2H3,(H,27,29). The number of anilines is 1. The fourth-order valence-corrected chi connectivity index (χ4v) is 3.06. The number of ether oxygens (including phenoxy) is 3. The van der Waals surface area contributed by atoms with Crippen LogP contribution in [0, 0.1) is 0 Å². The first kappa shape index (κ1) is 22.0. The number of aromatic nitrogens is 2. The topological polar surface area (TPSA) is 87.8 Å². The summed E-state index contributed by atoms with van der Waals surface area (Å²) in [6.45, 7) is 2.54. The Morgan fingerprint density at radius 3 is 2.39 bits per heavy atom. The fraction of sp³-hybridized carbons (Fsp3) is 0.200. The molecule has 0 aliphatic heterocycles. The molecule has 0 atom stereocenters. The minimum absolute atomic E-state index is 0.184. The van der Waals surface area contributed by atoms with Crippen molar-refractivity contribution in [2.75, 3.05) is 12.4 Å². The number of aryl methyl sites for hydroxylation is 1. The molecule has 1 N–H and O–H groups in total. The van der Waals surface area contributed by atoms with E-state index in [-0.39, 0.29) is 25.0 Å². The van der Waals surface area contributed by atoms with E-state index in [2.05, 4.69) is 17.3 Å². The third kappa shape index (κ3) is 5.94. The summed E-state index contributed by atoms with van der Waals surface area (Å²) >= 11 is 0. The van der Waals surface area contributed by atoms with E-state index in [0.717, 1.165) is 17.9 Å². The maximum absolute atomic E-state index is 12.5. The van der Waals surface area contributed by atoms with Gasteiger partial charge in [-0.3, -0.25) is 4.79 Å². The highest BCUT2D eigenvalue weighted by atomic mass is 16.5. The van der Waals surface area contributed by atoms with Gasteiger partial charge in [-0.05, 0) is 60.5 Å². The molecular weight excluding hydrogens is 422 g/mol. The van der Waals surface area contributed by atoms with Gasteiger partial charge < -0.3 is 23.9 Å². The van der Waals surface area contributed by atoms with Crippen LogP contribution in [0.4, 0.5) is 5.69 Å². The van der Waals surface area contributed by atoms with Gasteiger partial charge in [0, 0.05) is 0 Å². The van der Waals surface area contributed by atoms with Crippen LogP contribution in [0.3, 0.4) is 0 Å². The molecule has 0 aliphatic rings. The largest absolute Gasteiger partial charge is 0.497 e. The Labute approximate surface area is 191 Å². The number of carbonyl (C=O) groups excluding carboxylic acids is 1. The minimum Gasteiger partial charge on any atom is -0.497 e. The summed E-state index contributed by atoms with van der Waals surface area (Å²) in [5.74, 6) is 2.53. The molecule has 2 heterocycles. The van der Waals surface area contributed by atoms with Gasteiger partial charge in [-0.1, -0.05) is 19.1 Å². The Morgan fingerprint density at radius 2 is 1.67 bits per heavy atom. The van der Waals surface area contributed by atoms with Crippen molar-refractivity contribution in [2.24, 2.45) is 0 Å². The van der Waals surface area contributed by atoms with E-state index in [1.807, 2.05) is 36.4 Å². The van der Waals surface area contributed by atoms with Gasteiger partial charge >= 0.3 is 0 Å². The molecule has 0 fully saturated rings. The van der Waals surface area contributed by atoms with E-state index in [4.69, 9.17) is 18.6 Å². The van der Waals surface area contributed by atoms with Crippen LogP contribution in [0.15, 0.2) is 77.5 Å². The quantitative estimate of drug-likeness (QED) is 0.371. The van der Waals surface area contributed by atoms with Gasteiger partial charge in [-0.25, -0.2) is 4.68 Å². The summed E-state index contributed by atoms with van der Waals surface area (Å²) in [4.78, 5) is 12.5. The highest BCUT2D eigenvalue weighted by molar-refractivity contribution is 6.02. The monoisotopic (exact) mass is 447 g/mol. The lowest BCUT2D eigenvalue weighted by molar-refractivity contribution is 0.0992. The average molecular weight is 447 g/mol. The van der Waals surface area contributed by atoms with E-state index >= 15 is 0 Å². The Hall–Kier alpha value is -4.20. The minimum atomic E-state index is -0.374. The summed E-state index contributed by atoms with van der Waals surface area (Å²) in [7, 11) is 1.61. The Balaban J connectivity index is 1.27. The first-order valence-electron chi connectivity index (χ1n) is 10.5. The number of hydrogen-bond acceptors (Lipinski definition) is 6. The van der Waals surface area contributed by atoms with E-state index in [0.29, 0.717) is 17.2 Å². The van der Waals surface area contributed by atoms with Crippen molar-refractivity contribution in [3.05, 3.63) is 90.1 Å². The molecule has 4 rings (SSSR count). The molecule has 0 bridgehead atoms. The molecule has 0 radical (unpaired) electrons. The molecule has 33 heavy (non-hydrogen) atoms. The maximum atomic E-state index is 12.5. The first-order valence-corrected chi connectivity index (χ1v) is 10.5. The van der Waals surface area contributed by atoms with Crippen LogP contribution >= 0.6 is 0 Å². The molecule has 0 aliphatic carbocycles. The van der Waals surface area contributed by atoms with Gasteiger partial charge in [0.05, 0.1) is 25.2 Å². The number of nitrogens with one attached hydrogen (secondary N) is 1. The predicted molar refractivity (Wildman–Crippen MR) is 123 cm³/mol. The average Bonchev–Trinajstić information content (AvgIpc) is 3.52. The summed E-state index contributed by atoms with van der Waals surface area (Å²) < 4.78 is 23.7. The molecule has 2 aromatic heterocycles. The van der Waals surface area contributed by atoms with Crippen LogP contribution in [0.5, 0.6) is 17.2 Å². The molecule has 4 aromatic rings. The Bertz CT molecular complexity index is 1180. The predicted octanol–water partition coefficient (Wildman–Crippen LogP) is 4.91. The summed E-state index contributed by atoms with van der Waals surface area (Å²) in [6, 6.07) is 18.5. The van der Waals surface area contributed by atoms with Crippen LogP contribution in [-0.2, 0) is 19.8 Å². The van der Waals surface area contributed by atoms with E-state index in [1.165, 1.54) is 5.56 Å². The van der Waals surface area contributed by atoms with Gasteiger partial charge in [0.15, 0.2) is 12.5 Å². The number of rotatable bonds is 10. The van der Waals surface area contributed by atoms with Crippen LogP contribution in [0.2, 0.25) is 0 Å². The zero-order chi connectivity index (χ0) is 23.0. The van der Waals surface area contributed by atoms with Crippen LogP contribution in [0.25, 0.3) is 0 Å². The van der Waals surface area contributed by atoms with Gasteiger partial charge in [0.25, 0.3) is 5.91 Å². The number of nitrogens with zero attached hydrogens (tertiary/aromatic N) is 2. The lowest BCUT2D eigenvalue weighted by atomic mass is 10.2. The summed E-state index contributed by atoms with van der Waals surface area (Å²) in [5, 5.41) is 6.98. The summed E-state index contributed by atoms with van der Waals surface area (Å²) in [6.07, 6.45) is 4.22. The Morgan fingerprint density at radius 1 is 0.970 bits per heavy atom. The number of hydrogen-bond donors (Lipinski definition) is 1. The lowest BCUT2D eigenvalue weighted by Crippen LogP contribution is -2.10. The number of carbonyl (C=O) groups is 1. The van der Waals surface area contributed by atoms with Crippen molar-refractivity contribution < 1.29 is 23.4 Å². The summed E-state index contributed by atoms with van der Waals surface area (Å²) in [5.41, 5.74) is 1.79. The van der Waals surface area contributed by atoms with Gasteiger partial charge in [-0.15, -0.1) is 0 Å². The van der Waals surface area contributed by atoms with Crippen molar-refractivity contribution >= 4 is 11.6 Å². The lowest BCUT2D eigenvalue weighted by Gasteiger charge is -2.06. The molecular formula is C25H25N3O5. The van der Waals surface area contributed by atoms with Crippen molar-refractivity contribution in [3.8, 4) is 17.2 Å². The molecule has 0 unspecified atom stereocenters. The second-order valence-electron chi connectivity index (χ2n) is 7.22. The molecule has 8 heteroatoms. The third-order valence-corrected chi connectivity index (χ3v) is 4.91. The Kier molecular flexibility index (Phi) is 6.94. The maximum Gasteiger partial charge on any atom is 0.291 e.